The predicted octanol–water partition coefficient (Wildman–Crippen LogP) is 3.77. The van der Waals surface area contributed by atoms with Crippen molar-refractivity contribution in [1.29, 1.82) is 0 Å². The molecule has 11 nitrogen and oxygen atoms in total. The smallest absolute Gasteiger partial charge is 0.346 e. The molecule has 1 aliphatic heterocycles. The summed E-state index contributed by atoms with van der Waals surface area (Å²) in [6.07, 6.45) is -1.66. The zero-order valence-corrected chi connectivity index (χ0v) is 27.8. The molecule has 1 saturated heterocycles. The molecular formula is C33H46F3N5O6. The van der Waals surface area contributed by atoms with E-state index in [0.29, 0.717) is 19.3 Å². The van der Waals surface area contributed by atoms with Crippen LogP contribution in [0.25, 0.3) is 0 Å². The number of benzene rings is 1. The van der Waals surface area contributed by atoms with E-state index >= 15 is 0 Å². The Bertz CT molecular complexity index is 1320. The molecule has 0 bridgehead atoms. The highest BCUT2D eigenvalue weighted by molar-refractivity contribution is 6.38. The second-order valence-corrected chi connectivity index (χ2v) is 13.0. The van der Waals surface area contributed by atoms with Gasteiger partial charge >= 0.3 is 12.2 Å². The molecule has 1 aliphatic rings. The van der Waals surface area contributed by atoms with Gasteiger partial charge in [-0.25, -0.2) is 4.79 Å². The van der Waals surface area contributed by atoms with Gasteiger partial charge < -0.3 is 26.2 Å². The summed E-state index contributed by atoms with van der Waals surface area (Å²) in [6.45, 7) is 14.0. The minimum absolute atomic E-state index is 0.0237. The Labute approximate surface area is 273 Å². The van der Waals surface area contributed by atoms with Crippen molar-refractivity contribution in [2.24, 2.45) is 11.3 Å². The van der Waals surface area contributed by atoms with Crippen LogP contribution in [-0.4, -0.2) is 77.5 Å². The molecule has 1 aromatic carbocycles. The van der Waals surface area contributed by atoms with E-state index in [0.717, 1.165) is 24.3 Å². The number of halogens is 3. The molecule has 47 heavy (non-hydrogen) atoms. The lowest BCUT2D eigenvalue weighted by Crippen LogP contribution is -2.61. The molecule has 4 N–H and O–H groups in total. The first-order chi connectivity index (χ1) is 21.8. The Balaban J connectivity index is 2.21. The van der Waals surface area contributed by atoms with Crippen LogP contribution in [0.4, 0.5) is 18.0 Å². The first kappa shape index (κ1) is 39.0. The molecule has 2 rings (SSSR count). The standard InChI is InChI=1S/C33H46F3N5O6/c1-8-11-22(26(43)29(45)37-17-9-2)38-28(44)23-12-10-18-41(23)30(46)27(32(5,6)7)40-31(47)39-24(19(3)4)25(42)20-13-15-21(16-14-20)33(34,35)36/h9,13-16,19,22-24,27H,2,8,10-12,17-18H2,1,3-7H3,(H,37,45)(H,38,44)(H2,39,40,47)/t22?,23-,24?,27?/m0/s1. The zero-order valence-electron chi connectivity index (χ0n) is 27.8. The van der Waals surface area contributed by atoms with Crippen molar-refractivity contribution in [3.8, 4) is 0 Å². The van der Waals surface area contributed by atoms with Crippen LogP contribution in [-0.2, 0) is 25.4 Å². The lowest BCUT2D eigenvalue weighted by atomic mass is 9.85. The number of hydrogen-bond donors (Lipinski definition) is 4. The van der Waals surface area contributed by atoms with E-state index in [1.807, 2.05) is 0 Å². The zero-order chi connectivity index (χ0) is 35.7. The topological polar surface area (TPSA) is 154 Å². The fourth-order valence-corrected chi connectivity index (χ4v) is 5.21. The maximum atomic E-state index is 13.9. The van der Waals surface area contributed by atoms with Gasteiger partial charge in [0.05, 0.1) is 17.6 Å². The van der Waals surface area contributed by atoms with Crippen LogP contribution >= 0.6 is 0 Å². The summed E-state index contributed by atoms with van der Waals surface area (Å²) in [5, 5.41) is 10.2. The highest BCUT2D eigenvalue weighted by Crippen LogP contribution is 2.30. The Hall–Kier alpha value is -4.23. The average molecular weight is 666 g/mol. The number of rotatable bonds is 14. The molecule has 260 valence electrons. The van der Waals surface area contributed by atoms with Gasteiger partial charge in [-0.2, -0.15) is 13.2 Å². The molecule has 4 atom stereocenters. The summed E-state index contributed by atoms with van der Waals surface area (Å²) in [4.78, 5) is 80.1. The molecule has 1 fully saturated rings. The van der Waals surface area contributed by atoms with Gasteiger partial charge in [-0.1, -0.05) is 66.2 Å². The number of ketones is 2. The highest BCUT2D eigenvalue weighted by Gasteiger charge is 2.43. The van der Waals surface area contributed by atoms with Crippen LogP contribution in [0.1, 0.15) is 83.1 Å². The largest absolute Gasteiger partial charge is 0.416 e. The fraction of sp³-hybridized carbons (Fsp3) is 0.576. The summed E-state index contributed by atoms with van der Waals surface area (Å²) in [6, 6.07) is -1.49. The van der Waals surface area contributed by atoms with Gasteiger partial charge in [0.1, 0.15) is 12.1 Å². The van der Waals surface area contributed by atoms with E-state index in [4.69, 9.17) is 0 Å². The maximum absolute atomic E-state index is 13.9. The van der Waals surface area contributed by atoms with Crippen molar-refractivity contribution in [3.05, 3.63) is 48.0 Å². The molecule has 3 unspecified atom stereocenters. The second kappa shape index (κ2) is 16.6. The third kappa shape index (κ3) is 10.6. The van der Waals surface area contributed by atoms with Crippen molar-refractivity contribution in [2.45, 2.75) is 97.6 Å². The van der Waals surface area contributed by atoms with E-state index in [2.05, 4.69) is 27.8 Å². The van der Waals surface area contributed by atoms with Crippen molar-refractivity contribution in [2.75, 3.05) is 13.1 Å². The molecule has 0 radical (unpaired) electrons. The number of Topliss-reactive ketones (excluding diaryl/α,β-unsaturated/α-hetero) is 2. The van der Waals surface area contributed by atoms with Crippen LogP contribution in [0.3, 0.4) is 0 Å². The van der Waals surface area contributed by atoms with Gasteiger partial charge in [0.25, 0.3) is 5.91 Å². The van der Waals surface area contributed by atoms with Gasteiger partial charge in [-0.3, -0.25) is 24.0 Å². The lowest BCUT2D eigenvalue weighted by molar-refractivity contribution is -0.143. The quantitative estimate of drug-likeness (QED) is 0.135. The van der Waals surface area contributed by atoms with Crippen LogP contribution in [0, 0.1) is 11.3 Å². The number of nitrogens with zero attached hydrogens (tertiary/aromatic N) is 1. The van der Waals surface area contributed by atoms with Gasteiger partial charge in [-0.05, 0) is 42.7 Å². The number of amides is 5. The molecular weight excluding hydrogens is 619 g/mol. The molecule has 0 spiro atoms. The van der Waals surface area contributed by atoms with Gasteiger partial charge in [0, 0.05) is 18.7 Å². The third-order valence-corrected chi connectivity index (χ3v) is 7.80. The number of carbonyl (C=O) groups excluding carboxylic acids is 6. The van der Waals surface area contributed by atoms with Crippen LogP contribution in [0.2, 0.25) is 0 Å². The molecule has 0 saturated carbocycles. The Morgan fingerprint density at radius 1 is 1.00 bits per heavy atom. The number of nitrogens with one attached hydrogen (secondary N) is 4. The average Bonchev–Trinajstić information content (AvgIpc) is 3.49. The minimum atomic E-state index is -4.57. The Kier molecular flexibility index (Phi) is 13.7. The van der Waals surface area contributed by atoms with Gasteiger partial charge in [-0.15, -0.1) is 6.58 Å². The van der Waals surface area contributed by atoms with Gasteiger partial charge in [0.2, 0.25) is 17.6 Å². The molecule has 5 amide bonds. The monoisotopic (exact) mass is 665 g/mol. The van der Waals surface area contributed by atoms with E-state index in [-0.39, 0.29) is 25.1 Å². The fourth-order valence-electron chi connectivity index (χ4n) is 5.21. The normalized spacial score (nSPS) is 16.9. The Morgan fingerprint density at radius 2 is 1.62 bits per heavy atom. The number of likely N-dealkylation sites (tertiary alicyclic amines) is 1. The third-order valence-electron chi connectivity index (χ3n) is 7.80. The molecule has 14 heteroatoms. The van der Waals surface area contributed by atoms with Crippen molar-refractivity contribution < 1.29 is 41.9 Å². The SMILES string of the molecule is C=CCNC(=O)C(=O)C(CCC)NC(=O)[C@@H]1CCCN1C(=O)C(NC(=O)NC(C(=O)c1ccc(C(F)(F)F)cc1)C(C)C)C(C)(C)C. The summed E-state index contributed by atoms with van der Waals surface area (Å²) >= 11 is 0. The van der Waals surface area contributed by atoms with Crippen LogP contribution < -0.4 is 21.3 Å². The van der Waals surface area contributed by atoms with E-state index < -0.39 is 82.6 Å². The van der Waals surface area contributed by atoms with Crippen molar-refractivity contribution in [3.63, 3.8) is 0 Å². The number of carbonyl (C=O) groups is 6. The van der Waals surface area contributed by atoms with E-state index in [1.165, 1.54) is 11.0 Å². The van der Waals surface area contributed by atoms with Gasteiger partial charge in [0.15, 0.2) is 5.78 Å². The molecule has 0 aromatic heterocycles. The maximum Gasteiger partial charge on any atom is 0.416 e. The van der Waals surface area contributed by atoms with E-state index in [1.54, 1.807) is 41.5 Å². The molecule has 0 aliphatic carbocycles. The first-order valence-corrected chi connectivity index (χ1v) is 15.7. The van der Waals surface area contributed by atoms with Crippen LogP contribution in [0.15, 0.2) is 36.9 Å². The minimum Gasteiger partial charge on any atom is -0.346 e. The number of hydrogen-bond acceptors (Lipinski definition) is 6. The molecule has 1 heterocycles. The van der Waals surface area contributed by atoms with Crippen molar-refractivity contribution in [1.82, 2.24) is 26.2 Å². The van der Waals surface area contributed by atoms with E-state index in [9.17, 15) is 41.9 Å². The number of urea groups is 1. The Morgan fingerprint density at radius 3 is 2.13 bits per heavy atom. The summed E-state index contributed by atoms with van der Waals surface area (Å²) in [5.41, 5.74) is -1.79. The summed E-state index contributed by atoms with van der Waals surface area (Å²) in [7, 11) is 0. The second-order valence-electron chi connectivity index (χ2n) is 13.0. The molecule has 1 aromatic rings. The number of alkyl halides is 3. The van der Waals surface area contributed by atoms with Crippen LogP contribution in [0.5, 0.6) is 0 Å². The lowest BCUT2D eigenvalue weighted by Gasteiger charge is -2.36. The predicted molar refractivity (Wildman–Crippen MR) is 169 cm³/mol. The summed E-state index contributed by atoms with van der Waals surface area (Å²) in [5.74, 6) is -3.88. The van der Waals surface area contributed by atoms with Crippen molar-refractivity contribution >= 4 is 35.3 Å². The summed E-state index contributed by atoms with van der Waals surface area (Å²) < 4.78 is 39.0. The highest BCUT2D eigenvalue weighted by atomic mass is 19.4. The first-order valence-electron chi connectivity index (χ1n) is 15.7.